The third-order valence-corrected chi connectivity index (χ3v) is 2.63. The van der Waals surface area contributed by atoms with Crippen molar-refractivity contribution in [1.29, 1.82) is 0 Å². The van der Waals surface area contributed by atoms with Crippen molar-refractivity contribution in [2.75, 3.05) is 6.61 Å². The molecule has 0 spiro atoms. The smallest absolute Gasteiger partial charge is 0.309 e. The van der Waals surface area contributed by atoms with Crippen LogP contribution in [0.3, 0.4) is 0 Å². The van der Waals surface area contributed by atoms with Gasteiger partial charge in [0, 0.05) is 5.41 Å². The number of hydrogen-bond donors (Lipinski definition) is 1. The molecule has 0 aliphatic heterocycles. The van der Waals surface area contributed by atoms with Crippen LogP contribution >= 0.6 is 11.6 Å². The fourth-order valence-electron chi connectivity index (χ4n) is 1.59. The zero-order valence-electron chi connectivity index (χ0n) is 8.08. The SMILES string of the molecule is CC(Cl)COC1C(C(=O)O)C1(C)C. The molecule has 0 aromatic heterocycles. The van der Waals surface area contributed by atoms with Crippen LogP contribution in [0.25, 0.3) is 0 Å². The van der Waals surface area contributed by atoms with Crippen LogP contribution in [-0.4, -0.2) is 29.2 Å². The maximum Gasteiger partial charge on any atom is 0.309 e. The van der Waals surface area contributed by atoms with Crippen molar-refractivity contribution < 1.29 is 14.6 Å². The second kappa shape index (κ2) is 3.46. The molecule has 0 saturated heterocycles. The molecule has 76 valence electrons. The highest BCUT2D eigenvalue weighted by Crippen LogP contribution is 2.54. The van der Waals surface area contributed by atoms with Gasteiger partial charge in [-0.1, -0.05) is 13.8 Å². The van der Waals surface area contributed by atoms with Crippen LogP contribution in [0.2, 0.25) is 0 Å². The quantitative estimate of drug-likeness (QED) is 0.713. The van der Waals surface area contributed by atoms with Gasteiger partial charge in [0.15, 0.2) is 0 Å². The Kier molecular flexibility index (Phi) is 2.88. The Balaban J connectivity index is 2.42. The monoisotopic (exact) mass is 206 g/mol. The number of carboxylic acids is 1. The van der Waals surface area contributed by atoms with E-state index in [-0.39, 0.29) is 22.8 Å². The van der Waals surface area contributed by atoms with Gasteiger partial charge in [-0.2, -0.15) is 0 Å². The molecule has 3 nitrogen and oxygen atoms in total. The van der Waals surface area contributed by atoms with Gasteiger partial charge in [-0.05, 0) is 6.92 Å². The molecule has 1 rings (SSSR count). The first kappa shape index (κ1) is 10.8. The van der Waals surface area contributed by atoms with Crippen molar-refractivity contribution in [3.63, 3.8) is 0 Å². The van der Waals surface area contributed by atoms with E-state index in [4.69, 9.17) is 21.4 Å². The van der Waals surface area contributed by atoms with E-state index in [1.807, 2.05) is 20.8 Å². The molecule has 13 heavy (non-hydrogen) atoms. The van der Waals surface area contributed by atoms with Crippen LogP contribution in [0.15, 0.2) is 0 Å². The third kappa shape index (κ3) is 2.15. The van der Waals surface area contributed by atoms with Gasteiger partial charge in [-0.15, -0.1) is 11.6 Å². The van der Waals surface area contributed by atoms with Crippen molar-refractivity contribution in [2.45, 2.75) is 32.3 Å². The highest BCUT2D eigenvalue weighted by Gasteiger charge is 2.63. The summed E-state index contributed by atoms with van der Waals surface area (Å²) in [4.78, 5) is 10.7. The summed E-state index contributed by atoms with van der Waals surface area (Å²) >= 11 is 5.70. The first-order valence-electron chi connectivity index (χ1n) is 4.36. The van der Waals surface area contributed by atoms with Crippen molar-refractivity contribution in [1.82, 2.24) is 0 Å². The number of hydrogen-bond acceptors (Lipinski definition) is 2. The van der Waals surface area contributed by atoms with E-state index in [2.05, 4.69) is 0 Å². The molecule has 1 aliphatic carbocycles. The first-order valence-corrected chi connectivity index (χ1v) is 4.79. The Morgan fingerprint density at radius 3 is 2.54 bits per heavy atom. The molecule has 1 N–H and O–H groups in total. The maximum absolute atomic E-state index is 10.7. The van der Waals surface area contributed by atoms with E-state index in [1.165, 1.54) is 0 Å². The molecule has 0 heterocycles. The molecule has 4 heteroatoms. The number of alkyl halides is 1. The Hall–Kier alpha value is -0.280. The number of ether oxygens (including phenoxy) is 1. The molecule has 0 aromatic carbocycles. The van der Waals surface area contributed by atoms with Gasteiger partial charge in [0.05, 0.1) is 24.0 Å². The molecule has 1 fully saturated rings. The summed E-state index contributed by atoms with van der Waals surface area (Å²) in [5.74, 6) is -1.15. The van der Waals surface area contributed by atoms with Gasteiger partial charge in [0.25, 0.3) is 0 Å². The molecule has 0 amide bonds. The van der Waals surface area contributed by atoms with E-state index in [0.717, 1.165) is 0 Å². The fraction of sp³-hybridized carbons (Fsp3) is 0.889. The molecule has 1 aliphatic rings. The predicted octanol–water partition coefficient (Wildman–Crippen LogP) is 1.74. The number of aliphatic carboxylic acids is 1. The minimum Gasteiger partial charge on any atom is -0.481 e. The second-order valence-corrected chi connectivity index (χ2v) is 4.92. The lowest BCUT2D eigenvalue weighted by atomic mass is 10.1. The van der Waals surface area contributed by atoms with Crippen molar-refractivity contribution in [3.8, 4) is 0 Å². The average Bonchev–Trinajstić information content (AvgIpc) is 2.48. The van der Waals surface area contributed by atoms with Crippen LogP contribution in [0.5, 0.6) is 0 Å². The minimum absolute atomic E-state index is 0.0640. The number of halogens is 1. The lowest BCUT2D eigenvalue weighted by molar-refractivity contribution is -0.140. The lowest BCUT2D eigenvalue weighted by Gasteiger charge is -2.05. The van der Waals surface area contributed by atoms with Gasteiger partial charge in [0.1, 0.15) is 0 Å². The van der Waals surface area contributed by atoms with Crippen molar-refractivity contribution in [2.24, 2.45) is 11.3 Å². The van der Waals surface area contributed by atoms with Gasteiger partial charge in [-0.3, -0.25) is 4.79 Å². The van der Waals surface area contributed by atoms with E-state index in [1.54, 1.807) is 0 Å². The molecule has 0 bridgehead atoms. The van der Waals surface area contributed by atoms with Crippen LogP contribution in [0, 0.1) is 11.3 Å². The maximum atomic E-state index is 10.7. The van der Waals surface area contributed by atoms with E-state index < -0.39 is 5.97 Å². The average molecular weight is 207 g/mol. The molecule has 3 unspecified atom stereocenters. The van der Waals surface area contributed by atoms with Crippen molar-refractivity contribution in [3.05, 3.63) is 0 Å². The highest BCUT2D eigenvalue weighted by molar-refractivity contribution is 6.20. The summed E-state index contributed by atoms with van der Waals surface area (Å²) in [6, 6.07) is 0. The van der Waals surface area contributed by atoms with E-state index >= 15 is 0 Å². The summed E-state index contributed by atoms with van der Waals surface area (Å²) in [5.41, 5.74) is -0.238. The van der Waals surface area contributed by atoms with Gasteiger partial charge in [0.2, 0.25) is 0 Å². The molecular weight excluding hydrogens is 192 g/mol. The zero-order valence-corrected chi connectivity index (χ0v) is 8.84. The predicted molar refractivity (Wildman–Crippen MR) is 50.0 cm³/mol. The van der Waals surface area contributed by atoms with E-state index in [9.17, 15) is 4.79 Å². The minimum atomic E-state index is -0.780. The normalized spacial score (nSPS) is 32.6. The van der Waals surface area contributed by atoms with Gasteiger partial charge >= 0.3 is 5.97 Å². The molecular formula is C9H15ClO3. The van der Waals surface area contributed by atoms with Crippen LogP contribution in [0.1, 0.15) is 20.8 Å². The summed E-state index contributed by atoms with van der Waals surface area (Å²) < 4.78 is 5.39. The van der Waals surface area contributed by atoms with Crippen LogP contribution in [-0.2, 0) is 9.53 Å². The highest BCUT2D eigenvalue weighted by atomic mass is 35.5. The molecule has 3 atom stereocenters. The van der Waals surface area contributed by atoms with Gasteiger partial charge < -0.3 is 9.84 Å². The molecule has 0 aromatic rings. The summed E-state index contributed by atoms with van der Waals surface area (Å²) in [7, 11) is 0. The second-order valence-electron chi connectivity index (χ2n) is 4.17. The van der Waals surface area contributed by atoms with Crippen LogP contribution < -0.4 is 0 Å². The number of carbonyl (C=O) groups is 1. The summed E-state index contributed by atoms with van der Waals surface area (Å²) in [6.07, 6.45) is -0.175. The Labute approximate surface area is 83.0 Å². The van der Waals surface area contributed by atoms with E-state index in [0.29, 0.717) is 6.61 Å². The fourth-order valence-corrected chi connectivity index (χ4v) is 1.66. The number of rotatable bonds is 4. The summed E-state index contributed by atoms with van der Waals surface area (Å²) in [6.45, 7) is 6.04. The molecule has 1 saturated carbocycles. The number of carboxylic acid groups (broad SMARTS) is 1. The Morgan fingerprint density at radius 2 is 2.23 bits per heavy atom. The zero-order chi connectivity index (χ0) is 10.2. The van der Waals surface area contributed by atoms with Crippen LogP contribution in [0.4, 0.5) is 0 Å². The molecule has 0 radical (unpaired) electrons. The third-order valence-electron chi connectivity index (χ3n) is 2.50. The largest absolute Gasteiger partial charge is 0.481 e. The lowest BCUT2D eigenvalue weighted by Crippen LogP contribution is -2.10. The van der Waals surface area contributed by atoms with Crippen molar-refractivity contribution >= 4 is 17.6 Å². The first-order chi connectivity index (χ1) is 5.87. The Morgan fingerprint density at radius 1 is 1.69 bits per heavy atom. The summed E-state index contributed by atoms with van der Waals surface area (Å²) in [5, 5.41) is 8.75. The Bertz CT molecular complexity index is 213. The topological polar surface area (TPSA) is 46.5 Å². The standard InChI is InChI=1S/C9H15ClO3/c1-5(10)4-13-7-6(8(11)12)9(7,2)3/h5-7H,4H2,1-3H3,(H,11,12). The van der Waals surface area contributed by atoms with Gasteiger partial charge in [-0.25, -0.2) is 0 Å².